The van der Waals surface area contributed by atoms with Crippen LogP contribution in [-0.4, -0.2) is 46.8 Å². The number of anilines is 1. The molecule has 0 spiro atoms. The van der Waals surface area contributed by atoms with Crippen molar-refractivity contribution in [2.45, 2.75) is 77.5 Å². The molecule has 0 saturated heterocycles. The highest BCUT2D eigenvalue weighted by atomic mass is 35.5. The molecule has 2 atom stereocenters. The smallest absolute Gasteiger partial charge is 0.412 e. The number of para-hydroxylation sites is 1. The Morgan fingerprint density at radius 2 is 1.86 bits per heavy atom. The third-order valence-corrected chi connectivity index (χ3v) is 7.24. The number of carbonyl (C=O) groups excluding carboxylic acids is 2. The van der Waals surface area contributed by atoms with E-state index in [9.17, 15) is 9.59 Å². The first kappa shape index (κ1) is 30.8. The molecule has 222 valence electrons. The van der Waals surface area contributed by atoms with E-state index in [0.717, 1.165) is 35.7 Å². The number of allylic oxidation sites excluding steroid dienone is 1. The van der Waals surface area contributed by atoms with Crippen molar-refractivity contribution in [1.82, 2.24) is 15.6 Å². The summed E-state index contributed by atoms with van der Waals surface area (Å²) in [7, 11) is 0. The molecule has 4 rings (SSSR count). The number of nitrogens with zero attached hydrogens (tertiary/aromatic N) is 2. The Bertz CT molecular complexity index is 1510. The lowest BCUT2D eigenvalue weighted by Gasteiger charge is -2.37. The minimum absolute atomic E-state index is 0.0719. The summed E-state index contributed by atoms with van der Waals surface area (Å²) in [6.45, 7) is 13.0. The molecule has 2 aromatic carbocycles. The lowest BCUT2D eigenvalue weighted by atomic mass is 9.80. The van der Waals surface area contributed by atoms with Gasteiger partial charge in [0.25, 0.3) is 5.91 Å². The van der Waals surface area contributed by atoms with E-state index in [-0.39, 0.29) is 11.9 Å². The minimum atomic E-state index is -0.598. The first-order valence-electron chi connectivity index (χ1n) is 14.0. The molecule has 9 nitrogen and oxygen atoms in total. The largest absolute Gasteiger partial charge is 0.444 e. The van der Waals surface area contributed by atoms with E-state index in [4.69, 9.17) is 21.3 Å². The van der Waals surface area contributed by atoms with Crippen molar-refractivity contribution >= 4 is 58.6 Å². The first-order chi connectivity index (χ1) is 19.9. The predicted octanol–water partition coefficient (Wildman–Crippen LogP) is 7.22. The number of rotatable bonds is 6. The zero-order chi connectivity index (χ0) is 30.5. The molecule has 42 heavy (non-hydrogen) atoms. The number of H-pyrrole nitrogens is 1. The van der Waals surface area contributed by atoms with Crippen LogP contribution in [-0.2, 0) is 4.74 Å². The van der Waals surface area contributed by atoms with Gasteiger partial charge in [0.05, 0.1) is 11.7 Å². The van der Waals surface area contributed by atoms with Crippen LogP contribution in [0.2, 0.25) is 0 Å². The highest BCUT2D eigenvalue weighted by molar-refractivity contribution is 6.33. The number of nitrogens with one attached hydrogen (secondary N) is 4. The molecular weight excluding hydrogens is 552 g/mol. The Morgan fingerprint density at radius 3 is 2.52 bits per heavy atom. The maximum atomic E-state index is 13.2. The average Bonchev–Trinajstić information content (AvgIpc) is 3.33. The number of aliphatic imine (C=N–C) groups is 2. The molecule has 1 saturated carbocycles. The van der Waals surface area contributed by atoms with Crippen LogP contribution in [0.3, 0.4) is 0 Å². The van der Waals surface area contributed by atoms with Gasteiger partial charge in [-0.05, 0) is 97.4 Å². The van der Waals surface area contributed by atoms with Gasteiger partial charge in [0.1, 0.15) is 5.60 Å². The fourth-order valence-electron chi connectivity index (χ4n) is 5.16. The van der Waals surface area contributed by atoms with Crippen molar-refractivity contribution in [3.63, 3.8) is 0 Å². The molecule has 1 aliphatic carbocycles. The third-order valence-electron chi connectivity index (χ3n) is 7.05. The van der Waals surface area contributed by atoms with Gasteiger partial charge < -0.3 is 20.4 Å². The Kier molecular flexibility index (Phi) is 9.41. The van der Waals surface area contributed by atoms with Crippen LogP contribution in [0.4, 0.5) is 10.5 Å². The quantitative estimate of drug-likeness (QED) is 0.179. The maximum absolute atomic E-state index is 13.2. The van der Waals surface area contributed by atoms with Gasteiger partial charge in [-0.25, -0.2) is 14.8 Å². The van der Waals surface area contributed by atoms with E-state index in [1.54, 1.807) is 45.0 Å². The zero-order valence-corrected chi connectivity index (χ0v) is 25.6. The van der Waals surface area contributed by atoms with Crippen LogP contribution in [0.25, 0.3) is 16.6 Å². The molecule has 1 aliphatic rings. The number of guanidine groups is 1. The van der Waals surface area contributed by atoms with E-state index >= 15 is 0 Å². The van der Waals surface area contributed by atoms with Crippen molar-refractivity contribution in [2.75, 3.05) is 5.32 Å². The van der Waals surface area contributed by atoms with Crippen LogP contribution in [0, 0.1) is 0 Å². The predicted molar refractivity (Wildman–Crippen MR) is 171 cm³/mol. The number of carbonyl (C=O) groups is 2. The Balaban J connectivity index is 1.42. The lowest BCUT2D eigenvalue weighted by molar-refractivity contribution is 0.0635. The summed E-state index contributed by atoms with van der Waals surface area (Å²) < 4.78 is 5.28. The normalized spacial score (nSPS) is 20.0. The second-order valence-electron chi connectivity index (χ2n) is 11.9. The van der Waals surface area contributed by atoms with Gasteiger partial charge >= 0.3 is 6.09 Å². The van der Waals surface area contributed by atoms with Crippen LogP contribution in [0.15, 0.2) is 69.7 Å². The van der Waals surface area contributed by atoms with Gasteiger partial charge in [0.15, 0.2) is 0 Å². The number of fused-ring (bicyclic) bond motifs is 1. The minimum Gasteiger partial charge on any atom is -0.444 e. The standard InChI is InChI=1S/C32H39ClN6O3/c1-20(33)27(25-19-35-26-12-8-7-11-24(25)26)38-29(34-6)36-23-10-9-17-32(5,18-23)39-28(40)21-13-15-22(16-14-21)37-30(41)42-31(2,3)4/h7-8,11-16,19,23,35H,6,9-10,17-18H2,1-5H3,(H,36,38)(H,37,41)(H,39,40)/b27-20+. The summed E-state index contributed by atoms with van der Waals surface area (Å²) >= 11 is 6.51. The zero-order valence-electron chi connectivity index (χ0n) is 24.8. The summed E-state index contributed by atoms with van der Waals surface area (Å²) in [5.74, 6) is 0.192. The lowest BCUT2D eigenvalue weighted by Crippen LogP contribution is -2.50. The van der Waals surface area contributed by atoms with Gasteiger partial charge in [0, 0.05) is 44.5 Å². The number of benzene rings is 2. The van der Waals surface area contributed by atoms with Crippen LogP contribution in [0.5, 0.6) is 0 Å². The van der Waals surface area contributed by atoms with Crippen molar-refractivity contribution in [2.24, 2.45) is 9.98 Å². The number of hydrogen-bond acceptors (Lipinski definition) is 4. The molecular formula is C32H39ClN6O3. The Hall–Kier alpha value is -4.11. The van der Waals surface area contributed by atoms with E-state index in [1.165, 1.54) is 0 Å². The maximum Gasteiger partial charge on any atom is 0.412 e. The Morgan fingerprint density at radius 1 is 1.14 bits per heavy atom. The van der Waals surface area contributed by atoms with Crippen LogP contribution >= 0.6 is 11.6 Å². The van der Waals surface area contributed by atoms with Gasteiger partial charge in [-0.2, -0.15) is 0 Å². The number of halogens is 1. The van der Waals surface area contributed by atoms with Gasteiger partial charge in [0.2, 0.25) is 5.96 Å². The molecule has 10 heteroatoms. The molecule has 0 radical (unpaired) electrons. The second kappa shape index (κ2) is 12.8. The number of aromatic nitrogens is 1. The summed E-state index contributed by atoms with van der Waals surface area (Å²) in [5.41, 5.74) is 2.61. The van der Waals surface area contributed by atoms with Crippen LogP contribution < -0.4 is 16.0 Å². The number of hydrogen-bond donors (Lipinski definition) is 4. The number of aromatic amines is 1. The molecule has 0 aliphatic heterocycles. The fraction of sp³-hybridized carbons (Fsp3) is 0.375. The van der Waals surface area contributed by atoms with Crippen molar-refractivity contribution in [1.29, 1.82) is 0 Å². The molecule has 3 aromatic rings. The van der Waals surface area contributed by atoms with E-state index < -0.39 is 17.2 Å². The van der Waals surface area contributed by atoms with Gasteiger partial charge in [-0.3, -0.25) is 10.1 Å². The Labute approximate surface area is 251 Å². The van der Waals surface area contributed by atoms with Crippen molar-refractivity contribution < 1.29 is 14.3 Å². The van der Waals surface area contributed by atoms with E-state index in [0.29, 0.717) is 34.4 Å². The summed E-state index contributed by atoms with van der Waals surface area (Å²) in [6.07, 6.45) is 4.59. The first-order valence-corrected chi connectivity index (χ1v) is 14.4. The highest BCUT2D eigenvalue weighted by Gasteiger charge is 2.34. The molecule has 1 fully saturated rings. The third kappa shape index (κ3) is 8.00. The fourth-order valence-corrected chi connectivity index (χ4v) is 5.31. The molecule has 0 bridgehead atoms. The van der Waals surface area contributed by atoms with E-state index in [2.05, 4.69) is 32.6 Å². The van der Waals surface area contributed by atoms with Gasteiger partial charge in [-0.15, -0.1) is 0 Å². The van der Waals surface area contributed by atoms with Crippen molar-refractivity contribution in [3.05, 3.63) is 70.9 Å². The summed E-state index contributed by atoms with van der Waals surface area (Å²) in [6, 6.07) is 14.6. The molecule has 1 heterocycles. The number of ether oxygens (including phenoxy) is 1. The van der Waals surface area contributed by atoms with Crippen LogP contribution in [0.1, 0.15) is 76.2 Å². The van der Waals surface area contributed by atoms with Crippen molar-refractivity contribution in [3.8, 4) is 0 Å². The van der Waals surface area contributed by atoms with Gasteiger partial charge in [-0.1, -0.05) is 29.8 Å². The summed E-state index contributed by atoms with van der Waals surface area (Å²) in [5, 5.41) is 10.8. The highest BCUT2D eigenvalue weighted by Crippen LogP contribution is 2.31. The average molecular weight is 591 g/mol. The SMILES string of the molecule is C=NC(=NC1CCCC(C)(NC(=O)c2ccc(NC(=O)OC(C)(C)C)cc2)C1)N/C(=C(\C)Cl)c1c[nH]c2ccccc12. The molecule has 2 unspecified atom stereocenters. The monoisotopic (exact) mass is 590 g/mol. The molecule has 4 N–H and O–H groups in total. The summed E-state index contributed by atoms with van der Waals surface area (Å²) in [4.78, 5) is 37.5. The topological polar surface area (TPSA) is 120 Å². The molecule has 2 amide bonds. The second-order valence-corrected chi connectivity index (χ2v) is 12.4. The molecule has 1 aromatic heterocycles. The van der Waals surface area contributed by atoms with E-state index in [1.807, 2.05) is 44.3 Å². The number of amides is 2.